The van der Waals surface area contributed by atoms with Crippen LogP contribution in [0.2, 0.25) is 0 Å². The van der Waals surface area contributed by atoms with Crippen molar-refractivity contribution in [2.75, 3.05) is 0 Å². The molecule has 0 fully saturated rings. The molecule has 4 heteroatoms. The van der Waals surface area contributed by atoms with Gasteiger partial charge >= 0.3 is 0 Å². The molecule has 0 aliphatic heterocycles. The Morgan fingerprint density at radius 3 is 2.45 bits per heavy atom. The molecule has 1 amide bonds. The van der Waals surface area contributed by atoms with E-state index in [4.69, 9.17) is 0 Å². The van der Waals surface area contributed by atoms with Gasteiger partial charge in [0.2, 0.25) is 0 Å². The molecule has 0 aliphatic rings. The highest BCUT2D eigenvalue weighted by Gasteiger charge is 2.06. The first-order chi connectivity index (χ1) is 9.81. The number of hydrogen-bond donors (Lipinski definition) is 1. The van der Waals surface area contributed by atoms with Crippen LogP contribution in [0.1, 0.15) is 35.7 Å². The lowest BCUT2D eigenvalue weighted by Gasteiger charge is -2.06. The van der Waals surface area contributed by atoms with Gasteiger partial charge in [0.1, 0.15) is 0 Å². The number of hydrazone groups is 1. The predicted molar refractivity (Wildman–Crippen MR) is 79.6 cm³/mol. The molecule has 1 aromatic carbocycles. The Bertz CT molecular complexity index is 579. The van der Waals surface area contributed by atoms with Crippen LogP contribution in [0.15, 0.2) is 60.0 Å². The first-order valence-electron chi connectivity index (χ1n) is 6.63. The molecule has 1 aromatic heterocycles. The van der Waals surface area contributed by atoms with E-state index in [0.717, 1.165) is 24.1 Å². The molecule has 0 saturated heterocycles. The second-order valence-electron chi connectivity index (χ2n) is 4.35. The molecule has 102 valence electrons. The Kier molecular flexibility index (Phi) is 5.00. The molecule has 0 unspecified atom stereocenters. The molecule has 0 aliphatic carbocycles. The van der Waals surface area contributed by atoms with Crippen LogP contribution < -0.4 is 5.43 Å². The van der Waals surface area contributed by atoms with Gasteiger partial charge in [0.25, 0.3) is 5.91 Å². The van der Waals surface area contributed by atoms with Gasteiger partial charge in [-0.2, -0.15) is 5.10 Å². The maximum absolute atomic E-state index is 11.9. The van der Waals surface area contributed by atoms with Gasteiger partial charge in [0.15, 0.2) is 0 Å². The van der Waals surface area contributed by atoms with E-state index in [1.807, 2.05) is 30.3 Å². The van der Waals surface area contributed by atoms with Crippen molar-refractivity contribution in [1.82, 2.24) is 10.4 Å². The number of carbonyl (C=O) groups is 1. The van der Waals surface area contributed by atoms with Gasteiger partial charge in [-0.25, -0.2) is 5.43 Å². The highest BCUT2D eigenvalue weighted by Crippen LogP contribution is 2.06. The van der Waals surface area contributed by atoms with Crippen LogP contribution >= 0.6 is 0 Å². The van der Waals surface area contributed by atoms with Gasteiger partial charge in [-0.15, -0.1) is 0 Å². The standard InChI is InChI=1S/C16H17N3O/c1-2-6-15(13-7-4-3-5-8-13)18-19-16(20)14-9-11-17-12-10-14/h3-5,7-12H,2,6H2,1H3,(H,19,20). The minimum atomic E-state index is -0.225. The average molecular weight is 267 g/mol. The number of nitrogens with zero attached hydrogens (tertiary/aromatic N) is 2. The van der Waals surface area contributed by atoms with Crippen molar-refractivity contribution in [2.24, 2.45) is 5.10 Å². The summed E-state index contributed by atoms with van der Waals surface area (Å²) >= 11 is 0. The minimum Gasteiger partial charge on any atom is -0.267 e. The fourth-order valence-corrected chi connectivity index (χ4v) is 1.82. The summed E-state index contributed by atoms with van der Waals surface area (Å²) in [6.45, 7) is 2.09. The topological polar surface area (TPSA) is 54.4 Å². The number of amides is 1. The largest absolute Gasteiger partial charge is 0.271 e. The second-order valence-corrected chi connectivity index (χ2v) is 4.35. The number of hydrogen-bond acceptors (Lipinski definition) is 3. The fourth-order valence-electron chi connectivity index (χ4n) is 1.82. The monoisotopic (exact) mass is 267 g/mol. The summed E-state index contributed by atoms with van der Waals surface area (Å²) in [5.41, 5.74) is 5.07. The van der Waals surface area contributed by atoms with Crippen molar-refractivity contribution >= 4 is 11.6 Å². The van der Waals surface area contributed by atoms with Crippen molar-refractivity contribution in [1.29, 1.82) is 0 Å². The molecule has 1 N–H and O–H groups in total. The van der Waals surface area contributed by atoms with Crippen molar-refractivity contribution < 1.29 is 4.79 Å². The van der Waals surface area contributed by atoms with Gasteiger partial charge in [0.05, 0.1) is 5.71 Å². The fraction of sp³-hybridized carbons (Fsp3) is 0.188. The van der Waals surface area contributed by atoms with Gasteiger partial charge in [-0.3, -0.25) is 9.78 Å². The Morgan fingerprint density at radius 1 is 1.10 bits per heavy atom. The van der Waals surface area contributed by atoms with Gasteiger partial charge < -0.3 is 0 Å². The lowest BCUT2D eigenvalue weighted by atomic mass is 10.1. The van der Waals surface area contributed by atoms with Crippen LogP contribution in [0.3, 0.4) is 0 Å². The molecule has 4 nitrogen and oxygen atoms in total. The van der Waals surface area contributed by atoms with E-state index in [1.54, 1.807) is 24.5 Å². The average Bonchev–Trinajstić information content (AvgIpc) is 2.53. The zero-order chi connectivity index (χ0) is 14.2. The van der Waals surface area contributed by atoms with Gasteiger partial charge in [-0.05, 0) is 24.1 Å². The van der Waals surface area contributed by atoms with Crippen LogP contribution in [0, 0.1) is 0 Å². The number of benzene rings is 1. The van der Waals surface area contributed by atoms with E-state index in [9.17, 15) is 4.79 Å². The summed E-state index contributed by atoms with van der Waals surface area (Å²) in [5.74, 6) is -0.225. The van der Waals surface area contributed by atoms with Crippen molar-refractivity contribution in [3.63, 3.8) is 0 Å². The third-order valence-corrected chi connectivity index (χ3v) is 2.83. The van der Waals surface area contributed by atoms with Crippen molar-refractivity contribution in [2.45, 2.75) is 19.8 Å². The normalized spacial score (nSPS) is 11.2. The van der Waals surface area contributed by atoms with E-state index < -0.39 is 0 Å². The number of rotatable bonds is 5. The molecule has 0 saturated carbocycles. The second kappa shape index (κ2) is 7.19. The van der Waals surface area contributed by atoms with E-state index in [1.165, 1.54) is 0 Å². The molecule has 0 spiro atoms. The molecule has 20 heavy (non-hydrogen) atoms. The summed E-state index contributed by atoms with van der Waals surface area (Å²) < 4.78 is 0. The molecule has 0 atom stereocenters. The lowest BCUT2D eigenvalue weighted by Crippen LogP contribution is -2.20. The third-order valence-electron chi connectivity index (χ3n) is 2.83. The van der Waals surface area contributed by atoms with Crippen molar-refractivity contribution in [3.8, 4) is 0 Å². The minimum absolute atomic E-state index is 0.225. The maximum Gasteiger partial charge on any atom is 0.271 e. The Morgan fingerprint density at radius 2 is 1.80 bits per heavy atom. The molecular weight excluding hydrogens is 250 g/mol. The highest BCUT2D eigenvalue weighted by molar-refractivity contribution is 6.02. The van der Waals surface area contributed by atoms with Crippen LogP contribution in [0.5, 0.6) is 0 Å². The van der Waals surface area contributed by atoms with Crippen LogP contribution in [-0.2, 0) is 0 Å². The van der Waals surface area contributed by atoms with E-state index in [-0.39, 0.29) is 5.91 Å². The van der Waals surface area contributed by atoms with E-state index in [0.29, 0.717) is 5.56 Å². The van der Waals surface area contributed by atoms with Crippen LogP contribution in [-0.4, -0.2) is 16.6 Å². The van der Waals surface area contributed by atoms with E-state index in [2.05, 4.69) is 22.4 Å². The molecule has 1 heterocycles. The van der Waals surface area contributed by atoms with Gasteiger partial charge in [0, 0.05) is 18.0 Å². The Hall–Kier alpha value is -2.49. The third kappa shape index (κ3) is 3.75. The van der Waals surface area contributed by atoms with Gasteiger partial charge in [-0.1, -0.05) is 43.7 Å². The number of aromatic nitrogens is 1. The predicted octanol–water partition coefficient (Wildman–Crippen LogP) is 3.02. The maximum atomic E-state index is 11.9. The molecule has 2 rings (SSSR count). The SMILES string of the molecule is CCCC(=NNC(=O)c1ccncc1)c1ccccc1. The van der Waals surface area contributed by atoms with Crippen molar-refractivity contribution in [3.05, 3.63) is 66.0 Å². The highest BCUT2D eigenvalue weighted by atomic mass is 16.2. The molecule has 0 bridgehead atoms. The Balaban J connectivity index is 2.12. The first kappa shape index (κ1) is 13.9. The number of nitrogens with one attached hydrogen (secondary N) is 1. The summed E-state index contributed by atoms with van der Waals surface area (Å²) in [7, 11) is 0. The van der Waals surface area contributed by atoms with Crippen LogP contribution in [0.4, 0.5) is 0 Å². The Labute approximate surface area is 118 Å². The van der Waals surface area contributed by atoms with E-state index >= 15 is 0 Å². The first-order valence-corrected chi connectivity index (χ1v) is 6.63. The number of pyridine rings is 1. The zero-order valence-corrected chi connectivity index (χ0v) is 11.4. The zero-order valence-electron chi connectivity index (χ0n) is 11.4. The summed E-state index contributed by atoms with van der Waals surface area (Å²) in [6.07, 6.45) is 4.96. The summed E-state index contributed by atoms with van der Waals surface area (Å²) in [6, 6.07) is 13.2. The summed E-state index contributed by atoms with van der Waals surface area (Å²) in [5, 5.41) is 4.26. The smallest absolute Gasteiger partial charge is 0.267 e. The van der Waals surface area contributed by atoms with Crippen LogP contribution in [0.25, 0.3) is 0 Å². The number of carbonyl (C=O) groups excluding carboxylic acids is 1. The molecular formula is C16H17N3O. The molecule has 0 radical (unpaired) electrons. The quantitative estimate of drug-likeness (QED) is 0.668. The summed E-state index contributed by atoms with van der Waals surface area (Å²) in [4.78, 5) is 15.8. The lowest BCUT2D eigenvalue weighted by molar-refractivity contribution is 0.0954. The molecule has 2 aromatic rings.